The number of rotatable bonds is 6. The highest BCUT2D eigenvalue weighted by Gasteiger charge is 2.24. The maximum Gasteiger partial charge on any atom is 0.192 e. The van der Waals surface area contributed by atoms with Crippen LogP contribution >= 0.6 is 0 Å². The molecule has 1 atom stereocenters. The second-order valence-corrected chi connectivity index (χ2v) is 8.73. The van der Waals surface area contributed by atoms with Crippen molar-refractivity contribution in [1.82, 2.24) is 30.3 Å². The van der Waals surface area contributed by atoms with Crippen LogP contribution in [0.25, 0.3) is 0 Å². The van der Waals surface area contributed by atoms with E-state index >= 15 is 0 Å². The fraction of sp³-hybridized carbons (Fsp3) is 0.625. The Hall–Kier alpha value is -2.41. The van der Waals surface area contributed by atoms with Crippen LogP contribution in [0.2, 0.25) is 0 Å². The van der Waals surface area contributed by atoms with Gasteiger partial charge in [-0.05, 0) is 63.7 Å². The van der Waals surface area contributed by atoms with Crippen molar-refractivity contribution in [3.05, 3.63) is 47.0 Å². The fourth-order valence-electron chi connectivity index (χ4n) is 4.66. The summed E-state index contributed by atoms with van der Waals surface area (Å²) >= 11 is 0. The van der Waals surface area contributed by atoms with Gasteiger partial charge in [-0.1, -0.05) is 37.1 Å². The summed E-state index contributed by atoms with van der Waals surface area (Å²) in [4.78, 5) is 12.2. The molecule has 2 N–H and O–H groups in total. The highest BCUT2D eigenvalue weighted by atomic mass is 15.4. The zero-order valence-corrected chi connectivity index (χ0v) is 19.1. The van der Waals surface area contributed by atoms with Gasteiger partial charge in [0.15, 0.2) is 5.96 Å². The third-order valence-corrected chi connectivity index (χ3v) is 6.25. The molecular formula is C24H37N7. The van der Waals surface area contributed by atoms with Gasteiger partial charge in [-0.2, -0.15) is 5.10 Å². The van der Waals surface area contributed by atoms with Gasteiger partial charge in [0.25, 0.3) is 0 Å². The molecule has 0 saturated carbocycles. The van der Waals surface area contributed by atoms with Crippen LogP contribution in [0.1, 0.15) is 74.3 Å². The molecule has 0 radical (unpaired) electrons. The Bertz CT molecular complexity index is 865. The normalized spacial score (nSPS) is 20.2. The Kier molecular flexibility index (Phi) is 7.57. The Balaban J connectivity index is 1.45. The van der Waals surface area contributed by atoms with E-state index < -0.39 is 0 Å². The Morgan fingerprint density at radius 1 is 1.06 bits per heavy atom. The molecule has 0 spiro atoms. The minimum atomic E-state index is 0.153. The number of nitrogens with zero attached hydrogens (tertiary/aromatic N) is 5. The first-order valence-electron chi connectivity index (χ1n) is 12.0. The molecule has 4 rings (SSSR count). The second kappa shape index (κ2) is 10.8. The van der Waals surface area contributed by atoms with Gasteiger partial charge in [0.1, 0.15) is 11.6 Å². The minimum absolute atomic E-state index is 0.153. The summed E-state index contributed by atoms with van der Waals surface area (Å²) in [5, 5.41) is 11.6. The molecule has 1 unspecified atom stereocenters. The van der Waals surface area contributed by atoms with Crippen LogP contribution in [0.5, 0.6) is 0 Å². The molecule has 7 nitrogen and oxygen atoms in total. The van der Waals surface area contributed by atoms with Gasteiger partial charge in [-0.3, -0.25) is 4.90 Å². The van der Waals surface area contributed by atoms with Crippen LogP contribution in [-0.2, 0) is 19.6 Å². The fourth-order valence-corrected chi connectivity index (χ4v) is 4.66. The van der Waals surface area contributed by atoms with Gasteiger partial charge in [-0.25, -0.2) is 14.7 Å². The van der Waals surface area contributed by atoms with Crippen LogP contribution in [-0.4, -0.2) is 45.3 Å². The van der Waals surface area contributed by atoms with Crippen LogP contribution in [0.15, 0.2) is 29.3 Å². The largest absolute Gasteiger partial charge is 0.357 e. The summed E-state index contributed by atoms with van der Waals surface area (Å²) < 4.78 is 2.04. The number of fused-ring (bicyclic) bond motifs is 1. The lowest BCUT2D eigenvalue weighted by molar-refractivity contribution is 0.276. The van der Waals surface area contributed by atoms with Crippen molar-refractivity contribution in [3.63, 3.8) is 0 Å². The Labute approximate surface area is 186 Å². The van der Waals surface area contributed by atoms with E-state index in [-0.39, 0.29) is 6.04 Å². The molecule has 3 heterocycles. The van der Waals surface area contributed by atoms with E-state index in [1.165, 1.54) is 49.9 Å². The van der Waals surface area contributed by atoms with Gasteiger partial charge in [0.05, 0.1) is 12.6 Å². The first kappa shape index (κ1) is 21.8. The highest BCUT2D eigenvalue weighted by Crippen LogP contribution is 2.23. The molecular weight excluding hydrogens is 386 g/mol. The quantitative estimate of drug-likeness (QED) is 0.549. The molecule has 0 aliphatic carbocycles. The molecule has 7 heteroatoms. The number of aliphatic imine (C=N–C) groups is 1. The summed E-state index contributed by atoms with van der Waals surface area (Å²) in [6, 6.07) is 8.92. The van der Waals surface area contributed by atoms with Crippen molar-refractivity contribution in [2.24, 2.45) is 4.99 Å². The number of likely N-dealkylation sites (tertiary alicyclic amines) is 1. The average molecular weight is 424 g/mol. The van der Waals surface area contributed by atoms with Crippen molar-refractivity contribution in [1.29, 1.82) is 0 Å². The lowest BCUT2D eigenvalue weighted by atomic mass is 10.1. The molecule has 0 bridgehead atoms. The lowest BCUT2D eigenvalue weighted by Crippen LogP contribution is -2.41. The van der Waals surface area contributed by atoms with E-state index in [2.05, 4.69) is 56.8 Å². The Morgan fingerprint density at radius 2 is 1.84 bits per heavy atom. The van der Waals surface area contributed by atoms with Crippen LogP contribution in [0.3, 0.4) is 0 Å². The van der Waals surface area contributed by atoms with Gasteiger partial charge < -0.3 is 10.6 Å². The van der Waals surface area contributed by atoms with E-state index in [1.54, 1.807) is 0 Å². The standard InChI is InChI=1S/C24H37N7/c1-3-25-24(28-22-13-10-16-31-23(22)27-19(2)29-31)26-17-20-11-6-7-12-21(20)18-30-14-8-4-5-9-15-30/h6-7,11-12,22H,3-5,8-10,13-18H2,1-2H3,(H2,25,26,28). The van der Waals surface area contributed by atoms with Crippen LogP contribution in [0.4, 0.5) is 0 Å². The van der Waals surface area contributed by atoms with E-state index in [0.717, 1.165) is 50.1 Å². The zero-order valence-electron chi connectivity index (χ0n) is 19.1. The van der Waals surface area contributed by atoms with Crippen molar-refractivity contribution in [2.75, 3.05) is 19.6 Å². The molecule has 1 aromatic carbocycles. The third kappa shape index (κ3) is 5.85. The van der Waals surface area contributed by atoms with E-state index in [0.29, 0.717) is 6.54 Å². The molecule has 2 aromatic rings. The second-order valence-electron chi connectivity index (χ2n) is 8.73. The average Bonchev–Trinajstić information content (AvgIpc) is 2.98. The number of aromatic nitrogens is 3. The van der Waals surface area contributed by atoms with Gasteiger partial charge in [0.2, 0.25) is 0 Å². The molecule has 1 aromatic heterocycles. The number of hydrogen-bond donors (Lipinski definition) is 2. The van der Waals surface area contributed by atoms with Crippen LogP contribution in [0, 0.1) is 6.92 Å². The predicted molar refractivity (Wildman–Crippen MR) is 125 cm³/mol. The molecule has 31 heavy (non-hydrogen) atoms. The number of aryl methyl sites for hydroxylation is 2. The van der Waals surface area contributed by atoms with Crippen molar-refractivity contribution < 1.29 is 0 Å². The van der Waals surface area contributed by atoms with Gasteiger partial charge in [0, 0.05) is 19.6 Å². The molecule has 1 saturated heterocycles. The zero-order chi connectivity index (χ0) is 21.5. The first-order valence-corrected chi connectivity index (χ1v) is 12.0. The first-order chi connectivity index (χ1) is 15.2. The van der Waals surface area contributed by atoms with Gasteiger partial charge in [-0.15, -0.1) is 0 Å². The molecule has 0 amide bonds. The summed E-state index contributed by atoms with van der Waals surface area (Å²) in [7, 11) is 0. The molecule has 2 aliphatic rings. The number of guanidine groups is 1. The predicted octanol–water partition coefficient (Wildman–Crippen LogP) is 3.55. The SMILES string of the molecule is CCNC(=NCc1ccccc1CN1CCCCCC1)NC1CCCn2nc(C)nc21. The van der Waals surface area contributed by atoms with E-state index in [4.69, 9.17) is 4.99 Å². The van der Waals surface area contributed by atoms with Crippen molar-refractivity contribution in [2.45, 2.75) is 78.0 Å². The summed E-state index contributed by atoms with van der Waals surface area (Å²) in [6.45, 7) is 9.98. The van der Waals surface area contributed by atoms with Gasteiger partial charge >= 0.3 is 0 Å². The number of nitrogens with one attached hydrogen (secondary N) is 2. The minimum Gasteiger partial charge on any atom is -0.357 e. The van der Waals surface area contributed by atoms with E-state index in [1.807, 2.05) is 11.6 Å². The number of hydrogen-bond acceptors (Lipinski definition) is 4. The highest BCUT2D eigenvalue weighted by molar-refractivity contribution is 5.80. The Morgan fingerprint density at radius 3 is 2.61 bits per heavy atom. The third-order valence-electron chi connectivity index (χ3n) is 6.25. The lowest BCUT2D eigenvalue weighted by Gasteiger charge is -2.25. The maximum atomic E-state index is 4.95. The molecule has 1 fully saturated rings. The topological polar surface area (TPSA) is 70.4 Å². The molecule has 168 valence electrons. The summed E-state index contributed by atoms with van der Waals surface area (Å²) in [6.07, 6.45) is 7.53. The summed E-state index contributed by atoms with van der Waals surface area (Å²) in [5.74, 6) is 2.72. The summed E-state index contributed by atoms with van der Waals surface area (Å²) in [5.41, 5.74) is 2.71. The molecule has 2 aliphatic heterocycles. The van der Waals surface area contributed by atoms with Crippen molar-refractivity contribution in [3.8, 4) is 0 Å². The van der Waals surface area contributed by atoms with Crippen molar-refractivity contribution >= 4 is 5.96 Å². The van der Waals surface area contributed by atoms with Crippen LogP contribution < -0.4 is 10.6 Å². The maximum absolute atomic E-state index is 4.95. The van der Waals surface area contributed by atoms with E-state index in [9.17, 15) is 0 Å². The smallest absolute Gasteiger partial charge is 0.192 e. The monoisotopic (exact) mass is 423 g/mol. The number of benzene rings is 1.